The van der Waals surface area contributed by atoms with Crippen LogP contribution in [0.4, 0.5) is 0 Å². The van der Waals surface area contributed by atoms with Crippen LogP contribution in [0.5, 0.6) is 0 Å². The molecule has 31 heavy (non-hydrogen) atoms. The Labute approximate surface area is 184 Å². The molecule has 2 aliphatic heterocycles. The van der Waals surface area contributed by atoms with Crippen molar-refractivity contribution in [3.63, 3.8) is 0 Å². The Balaban J connectivity index is 1.32. The zero-order valence-electron chi connectivity index (χ0n) is 18.0. The molecule has 6 nitrogen and oxygen atoms in total. The van der Waals surface area contributed by atoms with Crippen LogP contribution in [0.3, 0.4) is 0 Å². The number of morpholine rings is 1. The molecule has 2 heterocycles. The Morgan fingerprint density at radius 2 is 1.39 bits per heavy atom. The lowest BCUT2D eigenvalue weighted by Gasteiger charge is -2.36. The van der Waals surface area contributed by atoms with Crippen LogP contribution in [0.25, 0.3) is 0 Å². The average Bonchev–Trinajstić information content (AvgIpc) is 2.84. The fourth-order valence-electron chi connectivity index (χ4n) is 4.25. The van der Waals surface area contributed by atoms with Crippen LogP contribution in [-0.2, 0) is 22.4 Å². The Bertz CT molecular complexity index is 873. The minimum Gasteiger partial charge on any atom is -0.379 e. The van der Waals surface area contributed by atoms with E-state index in [2.05, 4.69) is 23.1 Å². The van der Waals surface area contributed by atoms with Gasteiger partial charge in [-0.15, -0.1) is 0 Å². The predicted molar refractivity (Wildman–Crippen MR) is 120 cm³/mol. The van der Waals surface area contributed by atoms with Crippen LogP contribution >= 0.6 is 0 Å². The first-order chi connectivity index (χ1) is 15.2. The molecule has 0 aliphatic carbocycles. The van der Waals surface area contributed by atoms with E-state index < -0.39 is 0 Å². The Morgan fingerprint density at radius 3 is 2.13 bits per heavy atom. The van der Waals surface area contributed by atoms with Gasteiger partial charge in [-0.25, -0.2) is 0 Å². The lowest BCUT2D eigenvalue weighted by Crippen LogP contribution is -2.53. The fraction of sp³-hybridized carbons (Fsp3) is 0.440. The molecule has 0 radical (unpaired) electrons. The third kappa shape index (κ3) is 5.71. The molecule has 4 rings (SSSR count). The van der Waals surface area contributed by atoms with Gasteiger partial charge in [0.05, 0.1) is 19.8 Å². The average molecular weight is 422 g/mol. The van der Waals surface area contributed by atoms with Gasteiger partial charge in [0.1, 0.15) is 0 Å². The van der Waals surface area contributed by atoms with Gasteiger partial charge in [0.2, 0.25) is 5.91 Å². The molecule has 0 saturated carbocycles. The Hall–Kier alpha value is -2.70. The number of ether oxygens (including phenoxy) is 1. The highest BCUT2D eigenvalue weighted by Crippen LogP contribution is 2.16. The molecule has 2 fully saturated rings. The number of carbonyl (C=O) groups is 2. The molecule has 0 atom stereocenters. The second-order valence-corrected chi connectivity index (χ2v) is 8.20. The molecule has 164 valence electrons. The van der Waals surface area contributed by atoms with E-state index in [9.17, 15) is 9.59 Å². The van der Waals surface area contributed by atoms with Crippen molar-refractivity contribution >= 4 is 11.8 Å². The van der Waals surface area contributed by atoms with Crippen molar-refractivity contribution in [2.24, 2.45) is 0 Å². The minimum absolute atomic E-state index is 0.0731. The second kappa shape index (κ2) is 10.6. The van der Waals surface area contributed by atoms with E-state index in [1.54, 1.807) is 0 Å². The highest BCUT2D eigenvalue weighted by molar-refractivity contribution is 5.96. The van der Waals surface area contributed by atoms with E-state index in [0.717, 1.165) is 37.1 Å². The first-order valence-corrected chi connectivity index (χ1v) is 11.2. The molecule has 6 heteroatoms. The molecule has 0 spiro atoms. The van der Waals surface area contributed by atoms with Gasteiger partial charge in [-0.05, 0) is 30.0 Å². The largest absolute Gasteiger partial charge is 0.379 e. The van der Waals surface area contributed by atoms with Gasteiger partial charge in [0.15, 0.2) is 0 Å². The van der Waals surface area contributed by atoms with Crippen LogP contribution in [-0.4, -0.2) is 85.5 Å². The maximum absolute atomic E-state index is 13.2. The van der Waals surface area contributed by atoms with Gasteiger partial charge in [0.25, 0.3) is 5.91 Å². The van der Waals surface area contributed by atoms with E-state index >= 15 is 0 Å². The van der Waals surface area contributed by atoms with E-state index in [1.165, 1.54) is 5.56 Å². The molecule has 2 aromatic rings. The molecule has 0 bridgehead atoms. The Kier molecular flexibility index (Phi) is 7.33. The van der Waals surface area contributed by atoms with Crippen molar-refractivity contribution in [1.82, 2.24) is 14.7 Å². The molecule has 0 N–H and O–H groups in total. The second-order valence-electron chi connectivity index (χ2n) is 8.20. The third-order valence-corrected chi connectivity index (χ3v) is 6.16. The zero-order valence-corrected chi connectivity index (χ0v) is 18.0. The number of carbonyl (C=O) groups excluding carboxylic acids is 2. The molecule has 0 unspecified atom stereocenters. The first kappa shape index (κ1) is 21.5. The van der Waals surface area contributed by atoms with Crippen molar-refractivity contribution in [1.29, 1.82) is 0 Å². The number of nitrogens with zero attached hydrogens (tertiary/aromatic N) is 3. The van der Waals surface area contributed by atoms with E-state index in [4.69, 9.17) is 4.74 Å². The molecule has 2 amide bonds. The van der Waals surface area contributed by atoms with Crippen LogP contribution in [0, 0.1) is 0 Å². The van der Waals surface area contributed by atoms with Gasteiger partial charge in [-0.1, -0.05) is 48.5 Å². The quantitative estimate of drug-likeness (QED) is 0.717. The number of hydrogen-bond donors (Lipinski definition) is 0. The van der Waals surface area contributed by atoms with Crippen molar-refractivity contribution in [3.8, 4) is 0 Å². The molecular formula is C25H31N3O3. The van der Waals surface area contributed by atoms with E-state index in [0.29, 0.717) is 45.9 Å². The number of aryl methyl sites for hydroxylation is 2. The summed E-state index contributed by atoms with van der Waals surface area (Å²) >= 11 is 0. The van der Waals surface area contributed by atoms with Gasteiger partial charge >= 0.3 is 0 Å². The van der Waals surface area contributed by atoms with Crippen LogP contribution < -0.4 is 0 Å². The topological polar surface area (TPSA) is 53.1 Å². The van der Waals surface area contributed by atoms with Crippen LogP contribution in [0.1, 0.15) is 21.5 Å². The number of amides is 2. The van der Waals surface area contributed by atoms with E-state index in [1.807, 2.05) is 46.2 Å². The Morgan fingerprint density at radius 1 is 0.742 bits per heavy atom. The van der Waals surface area contributed by atoms with E-state index in [-0.39, 0.29) is 11.8 Å². The standard InChI is InChI=1S/C25H31N3O3/c29-24(20-26-16-18-31-19-17-26)27-12-14-28(15-13-27)25(30)23-9-5-4-8-22(23)11-10-21-6-2-1-3-7-21/h1-9H,10-20H2. The van der Waals surface area contributed by atoms with Crippen LogP contribution in [0.15, 0.2) is 54.6 Å². The third-order valence-electron chi connectivity index (χ3n) is 6.16. The first-order valence-electron chi connectivity index (χ1n) is 11.2. The summed E-state index contributed by atoms with van der Waals surface area (Å²) in [5, 5.41) is 0. The summed E-state index contributed by atoms with van der Waals surface area (Å²) in [5.74, 6) is 0.223. The summed E-state index contributed by atoms with van der Waals surface area (Å²) in [7, 11) is 0. The smallest absolute Gasteiger partial charge is 0.254 e. The van der Waals surface area contributed by atoms with Crippen LogP contribution in [0.2, 0.25) is 0 Å². The summed E-state index contributed by atoms with van der Waals surface area (Å²) < 4.78 is 5.35. The molecule has 2 aliphatic rings. The maximum Gasteiger partial charge on any atom is 0.254 e. The fourth-order valence-corrected chi connectivity index (χ4v) is 4.25. The van der Waals surface area contributed by atoms with Gasteiger partial charge < -0.3 is 14.5 Å². The van der Waals surface area contributed by atoms with Crippen molar-refractivity contribution in [3.05, 3.63) is 71.3 Å². The summed E-state index contributed by atoms with van der Waals surface area (Å²) in [4.78, 5) is 31.8. The minimum atomic E-state index is 0.0731. The number of rotatable bonds is 6. The monoisotopic (exact) mass is 421 g/mol. The summed E-state index contributed by atoms with van der Waals surface area (Å²) in [6, 6.07) is 18.3. The lowest BCUT2D eigenvalue weighted by atomic mass is 9.99. The van der Waals surface area contributed by atoms with Gasteiger partial charge in [0, 0.05) is 44.8 Å². The summed E-state index contributed by atoms with van der Waals surface area (Å²) in [6.45, 7) is 5.82. The molecule has 2 aromatic carbocycles. The number of benzene rings is 2. The highest BCUT2D eigenvalue weighted by Gasteiger charge is 2.27. The number of hydrogen-bond acceptors (Lipinski definition) is 4. The molecular weight excluding hydrogens is 390 g/mol. The normalized spacial score (nSPS) is 17.5. The number of piperazine rings is 1. The van der Waals surface area contributed by atoms with Gasteiger partial charge in [-0.2, -0.15) is 0 Å². The van der Waals surface area contributed by atoms with Crippen molar-refractivity contribution in [2.75, 3.05) is 59.0 Å². The molecule has 0 aromatic heterocycles. The zero-order chi connectivity index (χ0) is 21.5. The molecule has 2 saturated heterocycles. The SMILES string of the molecule is O=C(CN1CCOCC1)N1CCN(C(=O)c2ccccc2CCc2ccccc2)CC1. The predicted octanol–water partition coefficient (Wildman–Crippen LogP) is 2.09. The highest BCUT2D eigenvalue weighted by atomic mass is 16.5. The van der Waals surface area contributed by atoms with Crippen molar-refractivity contribution < 1.29 is 14.3 Å². The summed E-state index contributed by atoms with van der Waals surface area (Å²) in [6.07, 6.45) is 1.75. The summed E-state index contributed by atoms with van der Waals surface area (Å²) in [5.41, 5.74) is 3.14. The van der Waals surface area contributed by atoms with Gasteiger partial charge in [-0.3, -0.25) is 14.5 Å². The maximum atomic E-state index is 13.2. The lowest BCUT2D eigenvalue weighted by molar-refractivity contribution is -0.134. The van der Waals surface area contributed by atoms with Crippen molar-refractivity contribution in [2.45, 2.75) is 12.8 Å².